The Morgan fingerprint density at radius 2 is 0.765 bits per heavy atom. The van der Waals surface area contributed by atoms with Gasteiger partial charge in [0.15, 0.2) is 17.3 Å². The second-order valence-electron chi connectivity index (χ2n) is 13.1. The Bertz CT molecular complexity index is 1390. The standard InChI is InChI=1S/2C14H20O3.C8H8O3.C4H10.2CH4/c2*1-9(2)16-12-6-7-13(11(5)15)14(8-12)17-10(3)4;1-5(9)7-3-2-6(10)4-8(7)11;1-4(2)3;;/h2*6-10H,1-5H3;2-4,10-11H,1H3;4H,1-3H3;2*1H4. The lowest BCUT2D eigenvalue weighted by atomic mass is 10.1. The number of hydrogen-bond acceptors (Lipinski definition) is 9. The maximum atomic E-state index is 11.5. The monoisotopic (exact) mass is 714 g/mol. The van der Waals surface area contributed by atoms with Gasteiger partial charge in [0.1, 0.15) is 34.5 Å². The summed E-state index contributed by atoms with van der Waals surface area (Å²) >= 11 is 0. The fourth-order valence-corrected chi connectivity index (χ4v) is 3.80. The molecule has 3 aromatic rings. The Morgan fingerprint density at radius 1 is 0.471 bits per heavy atom. The van der Waals surface area contributed by atoms with Gasteiger partial charge in [-0.2, -0.15) is 0 Å². The molecule has 288 valence electrons. The molecular formula is C42H66O9. The molecular weight excluding hydrogens is 648 g/mol. The van der Waals surface area contributed by atoms with E-state index in [4.69, 9.17) is 29.2 Å². The zero-order valence-electron chi connectivity index (χ0n) is 31.8. The van der Waals surface area contributed by atoms with E-state index in [9.17, 15) is 14.4 Å². The van der Waals surface area contributed by atoms with Crippen LogP contribution in [0, 0.1) is 5.92 Å². The van der Waals surface area contributed by atoms with E-state index >= 15 is 0 Å². The molecule has 51 heavy (non-hydrogen) atoms. The van der Waals surface area contributed by atoms with E-state index in [-0.39, 0.29) is 73.7 Å². The molecule has 0 bridgehead atoms. The summed E-state index contributed by atoms with van der Waals surface area (Å²) in [5, 5.41) is 17.9. The third kappa shape index (κ3) is 22.0. The van der Waals surface area contributed by atoms with Gasteiger partial charge < -0.3 is 29.2 Å². The molecule has 0 unspecified atom stereocenters. The SMILES string of the molecule is C.C.CC(=O)c1ccc(O)cc1O.CC(=O)c1ccc(OC(C)C)cc1OC(C)C.CC(=O)c1ccc(OC(C)C)cc1OC(C)C.CC(C)C. The van der Waals surface area contributed by atoms with Gasteiger partial charge in [-0.15, -0.1) is 0 Å². The summed E-state index contributed by atoms with van der Waals surface area (Å²) in [6.45, 7) is 26.5. The molecule has 0 aliphatic carbocycles. The number of carbonyl (C=O) groups excluding carboxylic acids is 3. The Morgan fingerprint density at radius 3 is 1.02 bits per heavy atom. The van der Waals surface area contributed by atoms with Crippen molar-refractivity contribution in [3.8, 4) is 34.5 Å². The van der Waals surface area contributed by atoms with Crippen molar-refractivity contribution in [2.24, 2.45) is 5.92 Å². The second-order valence-corrected chi connectivity index (χ2v) is 13.1. The summed E-state index contributed by atoms with van der Waals surface area (Å²) in [5.41, 5.74) is 1.41. The minimum Gasteiger partial charge on any atom is -0.508 e. The average molecular weight is 715 g/mol. The third-order valence-electron chi connectivity index (χ3n) is 5.49. The van der Waals surface area contributed by atoms with E-state index in [1.165, 1.54) is 32.9 Å². The highest BCUT2D eigenvalue weighted by molar-refractivity contribution is 5.98. The molecule has 0 fully saturated rings. The fraction of sp³-hybridized carbons (Fsp3) is 0.500. The summed E-state index contributed by atoms with van der Waals surface area (Å²) in [6.07, 6.45) is 0.264. The molecule has 0 atom stereocenters. The number of phenols is 2. The molecule has 0 amide bonds. The van der Waals surface area contributed by atoms with Crippen molar-refractivity contribution >= 4 is 17.3 Å². The van der Waals surface area contributed by atoms with Crippen LogP contribution in [0.5, 0.6) is 34.5 Å². The maximum Gasteiger partial charge on any atom is 0.163 e. The first-order valence-corrected chi connectivity index (χ1v) is 16.6. The summed E-state index contributed by atoms with van der Waals surface area (Å²) in [5.74, 6) is 3.00. The maximum absolute atomic E-state index is 11.5. The number of Topliss-reactive ketones (excluding diaryl/α,β-unsaturated/α-hetero) is 3. The highest BCUT2D eigenvalue weighted by Crippen LogP contribution is 2.28. The largest absolute Gasteiger partial charge is 0.508 e. The number of rotatable bonds is 11. The first-order chi connectivity index (χ1) is 22.6. The molecule has 2 N–H and O–H groups in total. The van der Waals surface area contributed by atoms with Gasteiger partial charge in [0, 0.05) is 18.2 Å². The molecule has 9 heteroatoms. The number of ketones is 3. The Balaban J connectivity index is -0.000000643. The van der Waals surface area contributed by atoms with Gasteiger partial charge in [-0.25, -0.2) is 0 Å². The Labute approximate surface area is 308 Å². The van der Waals surface area contributed by atoms with Gasteiger partial charge in [-0.1, -0.05) is 35.6 Å². The van der Waals surface area contributed by atoms with Crippen molar-refractivity contribution in [2.45, 2.75) is 136 Å². The molecule has 0 heterocycles. The molecule has 0 aliphatic heterocycles. The van der Waals surface area contributed by atoms with Crippen LogP contribution in [-0.2, 0) is 0 Å². The molecule has 0 saturated heterocycles. The van der Waals surface area contributed by atoms with Crippen LogP contribution in [0.3, 0.4) is 0 Å². The highest BCUT2D eigenvalue weighted by Gasteiger charge is 2.13. The van der Waals surface area contributed by atoms with Crippen molar-refractivity contribution in [2.75, 3.05) is 0 Å². The first-order valence-electron chi connectivity index (χ1n) is 16.6. The fourth-order valence-electron chi connectivity index (χ4n) is 3.80. The van der Waals surface area contributed by atoms with Crippen LogP contribution in [0.15, 0.2) is 54.6 Å². The number of hydrogen-bond donors (Lipinski definition) is 2. The third-order valence-corrected chi connectivity index (χ3v) is 5.49. The molecule has 0 radical (unpaired) electrons. The zero-order chi connectivity index (χ0) is 38.0. The van der Waals surface area contributed by atoms with Crippen molar-refractivity contribution < 1.29 is 43.5 Å². The van der Waals surface area contributed by atoms with Crippen LogP contribution in [0.25, 0.3) is 0 Å². The van der Waals surface area contributed by atoms with Crippen LogP contribution in [0.4, 0.5) is 0 Å². The second kappa shape index (κ2) is 25.4. The van der Waals surface area contributed by atoms with E-state index < -0.39 is 0 Å². The van der Waals surface area contributed by atoms with Crippen molar-refractivity contribution in [1.82, 2.24) is 0 Å². The molecule has 0 saturated carbocycles. The summed E-state index contributed by atoms with van der Waals surface area (Å²) in [7, 11) is 0. The van der Waals surface area contributed by atoms with Crippen molar-refractivity contribution in [3.05, 3.63) is 71.3 Å². The van der Waals surface area contributed by atoms with E-state index in [2.05, 4.69) is 20.8 Å². The quantitative estimate of drug-likeness (QED) is 0.186. The lowest BCUT2D eigenvalue weighted by Crippen LogP contribution is -2.10. The molecule has 9 nitrogen and oxygen atoms in total. The minimum absolute atomic E-state index is 0. The predicted molar refractivity (Wildman–Crippen MR) is 210 cm³/mol. The van der Waals surface area contributed by atoms with Crippen molar-refractivity contribution in [1.29, 1.82) is 0 Å². The van der Waals surface area contributed by atoms with Gasteiger partial charge in [-0.3, -0.25) is 14.4 Å². The van der Waals surface area contributed by atoms with E-state index in [0.29, 0.717) is 22.6 Å². The summed E-state index contributed by atoms with van der Waals surface area (Å²) in [6, 6.07) is 14.5. The normalized spacial score (nSPS) is 9.94. The minimum atomic E-state index is -0.220. The average Bonchev–Trinajstić information content (AvgIpc) is 2.92. The van der Waals surface area contributed by atoms with Crippen LogP contribution < -0.4 is 18.9 Å². The smallest absolute Gasteiger partial charge is 0.163 e. The molecule has 0 aliphatic rings. The van der Waals surface area contributed by atoms with Gasteiger partial charge in [0.25, 0.3) is 0 Å². The van der Waals surface area contributed by atoms with Crippen LogP contribution in [0.1, 0.15) is 143 Å². The van der Waals surface area contributed by atoms with E-state index in [1.807, 2.05) is 55.4 Å². The topological polar surface area (TPSA) is 129 Å². The van der Waals surface area contributed by atoms with E-state index in [1.54, 1.807) is 36.4 Å². The number of benzene rings is 3. The molecule has 3 rings (SSSR count). The number of carbonyl (C=O) groups is 3. The summed E-state index contributed by atoms with van der Waals surface area (Å²) < 4.78 is 22.4. The number of phenolic OH excluding ortho intramolecular Hbond substituents is 2. The summed E-state index contributed by atoms with van der Waals surface area (Å²) in [4.78, 5) is 33.7. The highest BCUT2D eigenvalue weighted by atomic mass is 16.5. The molecule has 0 aromatic heterocycles. The lowest BCUT2D eigenvalue weighted by Gasteiger charge is -2.16. The van der Waals surface area contributed by atoms with Crippen molar-refractivity contribution in [3.63, 3.8) is 0 Å². The van der Waals surface area contributed by atoms with Crippen LogP contribution in [0.2, 0.25) is 0 Å². The van der Waals surface area contributed by atoms with Gasteiger partial charge in [0.05, 0.1) is 41.1 Å². The Hall–Kier alpha value is -4.53. The van der Waals surface area contributed by atoms with E-state index in [0.717, 1.165) is 23.5 Å². The van der Waals surface area contributed by atoms with Crippen LogP contribution in [-0.4, -0.2) is 52.0 Å². The predicted octanol–water partition coefficient (Wildman–Crippen LogP) is 11.2. The number of ether oxygens (including phenoxy) is 4. The van der Waals surface area contributed by atoms with Gasteiger partial charge in [-0.05, 0) is 118 Å². The lowest BCUT2D eigenvalue weighted by molar-refractivity contribution is 0.0998. The van der Waals surface area contributed by atoms with Gasteiger partial charge in [0.2, 0.25) is 0 Å². The molecule has 3 aromatic carbocycles. The number of aromatic hydroxyl groups is 2. The molecule has 0 spiro atoms. The Kier molecular flexibility index (Phi) is 25.3. The van der Waals surface area contributed by atoms with Crippen LogP contribution >= 0.6 is 0 Å². The zero-order valence-corrected chi connectivity index (χ0v) is 31.8. The first kappa shape index (κ1) is 50.8. The van der Waals surface area contributed by atoms with Gasteiger partial charge >= 0.3 is 0 Å².